The van der Waals surface area contributed by atoms with Crippen molar-refractivity contribution < 1.29 is 9.53 Å². The molecule has 1 amide bonds. The molecule has 2 rings (SSSR count). The Bertz CT molecular complexity index is 699. The predicted molar refractivity (Wildman–Crippen MR) is 103 cm³/mol. The lowest BCUT2D eigenvalue weighted by atomic mass is 10.1. The second kappa shape index (κ2) is 9.11. The molecule has 2 aromatic carbocycles. The van der Waals surface area contributed by atoms with Gasteiger partial charge in [0.15, 0.2) is 6.61 Å². The van der Waals surface area contributed by atoms with Gasteiger partial charge < -0.3 is 15.0 Å². The first-order valence-electron chi connectivity index (χ1n) is 8.71. The monoisotopic (exact) mass is 340 g/mol. The van der Waals surface area contributed by atoms with E-state index < -0.39 is 0 Å². The summed E-state index contributed by atoms with van der Waals surface area (Å²) < 4.78 is 5.69. The molecule has 134 valence electrons. The van der Waals surface area contributed by atoms with Crippen molar-refractivity contribution in [2.24, 2.45) is 0 Å². The average molecular weight is 340 g/mol. The number of carbonyl (C=O) groups excluding carboxylic acids is 1. The van der Waals surface area contributed by atoms with Gasteiger partial charge in [-0.05, 0) is 62.1 Å². The number of ether oxygens (including phenoxy) is 1. The fraction of sp³-hybridized carbons (Fsp3) is 0.381. The van der Waals surface area contributed by atoms with E-state index in [0.29, 0.717) is 6.54 Å². The van der Waals surface area contributed by atoms with Crippen LogP contribution < -0.4 is 15.0 Å². The van der Waals surface area contributed by atoms with Gasteiger partial charge in [0, 0.05) is 25.8 Å². The van der Waals surface area contributed by atoms with Gasteiger partial charge in [0.1, 0.15) is 5.75 Å². The molecule has 4 heteroatoms. The standard InChI is InChI=1S/C21H28N2O2/c1-16-13-17(2)18(3)20(14-16)25-15-21(24)22-11-8-12-23(4)19-9-6-5-7-10-19/h5-7,9-10,13-14H,8,11-12,15H2,1-4H3,(H,22,24). The lowest BCUT2D eigenvalue weighted by Crippen LogP contribution is -2.31. The van der Waals surface area contributed by atoms with Crippen molar-refractivity contribution in [2.45, 2.75) is 27.2 Å². The molecule has 0 fully saturated rings. The van der Waals surface area contributed by atoms with Gasteiger partial charge in [-0.15, -0.1) is 0 Å². The van der Waals surface area contributed by atoms with E-state index in [1.165, 1.54) is 11.3 Å². The van der Waals surface area contributed by atoms with Gasteiger partial charge in [-0.3, -0.25) is 4.79 Å². The third kappa shape index (κ3) is 5.82. The summed E-state index contributed by atoms with van der Waals surface area (Å²) in [6, 6.07) is 14.3. The van der Waals surface area contributed by atoms with Gasteiger partial charge in [0.05, 0.1) is 0 Å². The van der Waals surface area contributed by atoms with Crippen molar-refractivity contribution in [1.82, 2.24) is 5.32 Å². The van der Waals surface area contributed by atoms with Crippen LogP contribution in [0.4, 0.5) is 5.69 Å². The zero-order chi connectivity index (χ0) is 18.2. The molecule has 0 atom stereocenters. The number of aryl methyl sites for hydroxylation is 2. The molecule has 0 spiro atoms. The van der Waals surface area contributed by atoms with E-state index in [2.05, 4.69) is 42.4 Å². The summed E-state index contributed by atoms with van der Waals surface area (Å²) in [4.78, 5) is 14.1. The number of amides is 1. The highest BCUT2D eigenvalue weighted by atomic mass is 16.5. The van der Waals surface area contributed by atoms with Crippen LogP contribution in [0.25, 0.3) is 0 Å². The predicted octanol–water partition coefficient (Wildman–Crippen LogP) is 3.63. The maximum atomic E-state index is 12.0. The highest BCUT2D eigenvalue weighted by molar-refractivity contribution is 5.77. The molecule has 0 radical (unpaired) electrons. The number of para-hydroxylation sites is 1. The first kappa shape index (κ1) is 18.8. The molecule has 0 aliphatic heterocycles. The highest BCUT2D eigenvalue weighted by Gasteiger charge is 2.07. The summed E-state index contributed by atoms with van der Waals surface area (Å²) >= 11 is 0. The minimum atomic E-state index is -0.0825. The Balaban J connectivity index is 1.69. The Labute approximate surface area is 150 Å². The van der Waals surface area contributed by atoms with Crippen LogP contribution in [0.2, 0.25) is 0 Å². The molecular weight excluding hydrogens is 312 g/mol. The molecule has 0 heterocycles. The maximum absolute atomic E-state index is 12.0. The first-order chi connectivity index (χ1) is 12.0. The summed E-state index contributed by atoms with van der Waals surface area (Å²) in [6.07, 6.45) is 0.889. The Morgan fingerprint density at radius 3 is 2.56 bits per heavy atom. The van der Waals surface area contributed by atoms with Gasteiger partial charge in [0.2, 0.25) is 0 Å². The zero-order valence-corrected chi connectivity index (χ0v) is 15.6. The molecule has 0 bridgehead atoms. The van der Waals surface area contributed by atoms with Crippen LogP contribution in [0, 0.1) is 20.8 Å². The van der Waals surface area contributed by atoms with Crippen LogP contribution in [0.15, 0.2) is 42.5 Å². The van der Waals surface area contributed by atoms with Crippen molar-refractivity contribution in [3.8, 4) is 5.75 Å². The van der Waals surface area contributed by atoms with Crippen LogP contribution >= 0.6 is 0 Å². The highest BCUT2D eigenvalue weighted by Crippen LogP contribution is 2.23. The van der Waals surface area contributed by atoms with Crippen LogP contribution in [-0.2, 0) is 4.79 Å². The smallest absolute Gasteiger partial charge is 0.257 e. The number of nitrogens with one attached hydrogen (secondary N) is 1. The fourth-order valence-electron chi connectivity index (χ4n) is 2.70. The third-order valence-corrected chi connectivity index (χ3v) is 4.31. The van der Waals surface area contributed by atoms with E-state index in [9.17, 15) is 4.79 Å². The van der Waals surface area contributed by atoms with E-state index in [1.807, 2.05) is 38.1 Å². The Morgan fingerprint density at radius 1 is 1.12 bits per heavy atom. The van der Waals surface area contributed by atoms with Crippen molar-refractivity contribution in [3.63, 3.8) is 0 Å². The van der Waals surface area contributed by atoms with E-state index in [4.69, 9.17) is 4.74 Å². The van der Waals surface area contributed by atoms with E-state index >= 15 is 0 Å². The van der Waals surface area contributed by atoms with Gasteiger partial charge >= 0.3 is 0 Å². The van der Waals surface area contributed by atoms with Gasteiger partial charge in [-0.1, -0.05) is 24.3 Å². The summed E-state index contributed by atoms with van der Waals surface area (Å²) in [6.45, 7) is 7.69. The number of benzene rings is 2. The second-order valence-electron chi connectivity index (χ2n) is 6.45. The van der Waals surface area contributed by atoms with E-state index in [0.717, 1.165) is 29.8 Å². The molecule has 0 aliphatic carbocycles. The molecule has 4 nitrogen and oxygen atoms in total. The van der Waals surface area contributed by atoms with E-state index in [1.54, 1.807) is 0 Å². The molecular formula is C21H28N2O2. The van der Waals surface area contributed by atoms with Crippen LogP contribution in [0.5, 0.6) is 5.75 Å². The Hall–Kier alpha value is -2.49. The average Bonchev–Trinajstić information content (AvgIpc) is 2.61. The van der Waals surface area contributed by atoms with Crippen molar-refractivity contribution >= 4 is 11.6 Å². The lowest BCUT2D eigenvalue weighted by molar-refractivity contribution is -0.123. The van der Waals surface area contributed by atoms with E-state index in [-0.39, 0.29) is 12.5 Å². The quantitative estimate of drug-likeness (QED) is 0.746. The number of carbonyl (C=O) groups is 1. The number of anilines is 1. The second-order valence-corrected chi connectivity index (χ2v) is 6.45. The minimum Gasteiger partial charge on any atom is -0.483 e. The largest absolute Gasteiger partial charge is 0.483 e. The van der Waals surface area contributed by atoms with Crippen molar-refractivity contribution in [1.29, 1.82) is 0 Å². The SMILES string of the molecule is Cc1cc(C)c(C)c(OCC(=O)NCCCN(C)c2ccccc2)c1. The van der Waals surface area contributed by atoms with Gasteiger partial charge in [-0.2, -0.15) is 0 Å². The molecule has 2 aromatic rings. The number of hydrogen-bond acceptors (Lipinski definition) is 3. The molecule has 25 heavy (non-hydrogen) atoms. The minimum absolute atomic E-state index is 0.0538. The lowest BCUT2D eigenvalue weighted by Gasteiger charge is -2.19. The molecule has 0 aromatic heterocycles. The molecule has 0 aliphatic rings. The Kier molecular flexibility index (Phi) is 6.87. The first-order valence-corrected chi connectivity index (χ1v) is 8.71. The molecule has 0 saturated heterocycles. The molecule has 1 N–H and O–H groups in total. The molecule has 0 unspecified atom stereocenters. The fourth-order valence-corrected chi connectivity index (χ4v) is 2.70. The van der Waals surface area contributed by atoms with Crippen molar-refractivity contribution in [3.05, 3.63) is 59.2 Å². The number of rotatable bonds is 8. The van der Waals surface area contributed by atoms with Gasteiger partial charge in [0.25, 0.3) is 5.91 Å². The van der Waals surface area contributed by atoms with Crippen LogP contribution in [0.3, 0.4) is 0 Å². The van der Waals surface area contributed by atoms with Crippen molar-refractivity contribution in [2.75, 3.05) is 31.6 Å². The molecule has 0 saturated carbocycles. The number of nitrogens with zero attached hydrogens (tertiary/aromatic N) is 1. The summed E-state index contributed by atoms with van der Waals surface area (Å²) in [7, 11) is 2.06. The topological polar surface area (TPSA) is 41.6 Å². The van der Waals surface area contributed by atoms with Crippen LogP contribution in [-0.4, -0.2) is 32.7 Å². The van der Waals surface area contributed by atoms with Gasteiger partial charge in [-0.25, -0.2) is 0 Å². The zero-order valence-electron chi connectivity index (χ0n) is 15.6. The summed E-state index contributed by atoms with van der Waals surface area (Å²) in [5.74, 6) is 0.706. The Morgan fingerprint density at radius 2 is 1.84 bits per heavy atom. The number of hydrogen-bond donors (Lipinski definition) is 1. The third-order valence-electron chi connectivity index (χ3n) is 4.31. The maximum Gasteiger partial charge on any atom is 0.257 e. The normalized spacial score (nSPS) is 10.4. The summed E-state index contributed by atoms with van der Waals surface area (Å²) in [5.41, 5.74) is 4.59. The van der Waals surface area contributed by atoms with Crippen LogP contribution in [0.1, 0.15) is 23.1 Å². The summed E-state index contributed by atoms with van der Waals surface area (Å²) in [5, 5.41) is 2.92.